The highest BCUT2D eigenvalue weighted by Crippen LogP contribution is 2.21. The molecule has 164 valence electrons. The van der Waals surface area contributed by atoms with Crippen molar-refractivity contribution >= 4 is 17.8 Å². The molecule has 0 aliphatic heterocycles. The van der Waals surface area contributed by atoms with Crippen LogP contribution >= 0.6 is 0 Å². The van der Waals surface area contributed by atoms with Gasteiger partial charge in [-0.05, 0) is 18.1 Å². The zero-order chi connectivity index (χ0) is 22.2. The Labute approximate surface area is 182 Å². The molecule has 1 aromatic heterocycles. The van der Waals surface area contributed by atoms with Gasteiger partial charge in [0.25, 0.3) is 0 Å². The van der Waals surface area contributed by atoms with Gasteiger partial charge in [0.2, 0.25) is 17.8 Å². The Morgan fingerprint density at radius 2 is 1.48 bits per heavy atom. The number of anilines is 2. The number of para-hydroxylation sites is 2. The number of hydrogen-bond donors (Lipinski definition) is 2. The van der Waals surface area contributed by atoms with E-state index < -0.39 is 0 Å². The lowest BCUT2D eigenvalue weighted by Crippen LogP contribution is -2.18. The Balaban J connectivity index is 1.79. The first-order chi connectivity index (χ1) is 15.0. The second-order valence-electron chi connectivity index (χ2n) is 7.49. The fourth-order valence-corrected chi connectivity index (χ4v) is 3.16. The van der Waals surface area contributed by atoms with Crippen LogP contribution in [0.5, 0.6) is 11.5 Å². The van der Waals surface area contributed by atoms with Crippen molar-refractivity contribution in [3.8, 4) is 11.5 Å². The molecule has 0 saturated carbocycles. The van der Waals surface area contributed by atoms with Gasteiger partial charge in [-0.1, -0.05) is 50.2 Å². The molecule has 2 aromatic carbocycles. The summed E-state index contributed by atoms with van der Waals surface area (Å²) < 4.78 is 12.1. The Morgan fingerprint density at radius 3 is 2.03 bits per heavy atom. The van der Waals surface area contributed by atoms with E-state index in [1.165, 1.54) is 4.68 Å². The number of benzene rings is 2. The number of carbonyl (C=O) groups is 1. The van der Waals surface area contributed by atoms with Crippen molar-refractivity contribution in [2.24, 2.45) is 5.92 Å². The molecule has 2 N–H and O–H groups in total. The Hall–Kier alpha value is -3.55. The number of carbonyl (C=O) groups excluding carboxylic acids is 1. The predicted octanol–water partition coefficient (Wildman–Crippen LogP) is 4.21. The molecule has 3 rings (SSSR count). The van der Waals surface area contributed by atoms with Crippen molar-refractivity contribution in [2.45, 2.75) is 33.4 Å². The molecule has 3 aromatic rings. The lowest BCUT2D eigenvalue weighted by molar-refractivity contribution is 0.0873. The summed E-state index contributed by atoms with van der Waals surface area (Å²) in [5.41, 5.74) is 1.93. The van der Waals surface area contributed by atoms with E-state index in [-0.39, 0.29) is 11.8 Å². The summed E-state index contributed by atoms with van der Waals surface area (Å²) in [7, 11) is 3.27. The maximum Gasteiger partial charge on any atom is 0.250 e. The highest BCUT2D eigenvalue weighted by Gasteiger charge is 2.18. The first kappa shape index (κ1) is 22.1. The summed E-state index contributed by atoms with van der Waals surface area (Å²) in [6.45, 7) is 4.91. The number of methoxy groups -OCH3 is 2. The summed E-state index contributed by atoms with van der Waals surface area (Å²) in [5.74, 6) is 2.40. The molecule has 0 aliphatic carbocycles. The minimum absolute atomic E-state index is 0.115. The number of rotatable bonds is 10. The number of aromatic nitrogens is 3. The van der Waals surface area contributed by atoms with E-state index in [4.69, 9.17) is 9.47 Å². The van der Waals surface area contributed by atoms with Gasteiger partial charge in [-0.15, -0.1) is 5.10 Å². The third kappa shape index (κ3) is 5.75. The van der Waals surface area contributed by atoms with Crippen LogP contribution in [-0.2, 0) is 13.1 Å². The first-order valence-electron chi connectivity index (χ1n) is 10.2. The fraction of sp³-hybridized carbons (Fsp3) is 0.348. The summed E-state index contributed by atoms with van der Waals surface area (Å²) in [6, 6.07) is 15.4. The van der Waals surface area contributed by atoms with Gasteiger partial charge in [0.05, 0.1) is 14.2 Å². The lowest BCUT2D eigenvalue weighted by atomic mass is 10.1. The van der Waals surface area contributed by atoms with E-state index in [0.717, 1.165) is 22.6 Å². The van der Waals surface area contributed by atoms with Crippen LogP contribution in [0.2, 0.25) is 0 Å². The van der Waals surface area contributed by atoms with E-state index in [1.807, 2.05) is 62.4 Å². The smallest absolute Gasteiger partial charge is 0.250 e. The van der Waals surface area contributed by atoms with Crippen LogP contribution in [0.4, 0.5) is 11.9 Å². The number of nitrogens with one attached hydrogen (secondary N) is 2. The molecule has 0 unspecified atom stereocenters. The minimum Gasteiger partial charge on any atom is -0.496 e. The second-order valence-corrected chi connectivity index (χ2v) is 7.49. The highest BCUT2D eigenvalue weighted by molar-refractivity contribution is 5.81. The summed E-state index contributed by atoms with van der Waals surface area (Å²) in [4.78, 5) is 17.3. The highest BCUT2D eigenvalue weighted by atomic mass is 16.5. The number of nitrogens with zero attached hydrogens (tertiary/aromatic N) is 3. The molecule has 0 fully saturated rings. The van der Waals surface area contributed by atoms with Gasteiger partial charge in [0, 0.05) is 30.6 Å². The van der Waals surface area contributed by atoms with Crippen LogP contribution in [0, 0.1) is 5.92 Å². The maximum absolute atomic E-state index is 12.7. The molecule has 0 spiro atoms. The van der Waals surface area contributed by atoms with Crippen molar-refractivity contribution in [1.82, 2.24) is 14.8 Å². The Morgan fingerprint density at radius 1 is 0.935 bits per heavy atom. The lowest BCUT2D eigenvalue weighted by Gasteiger charge is -2.10. The Kier molecular flexibility index (Phi) is 7.48. The van der Waals surface area contributed by atoms with Gasteiger partial charge >= 0.3 is 0 Å². The van der Waals surface area contributed by atoms with Gasteiger partial charge in [-0.25, -0.2) is 0 Å². The summed E-state index contributed by atoms with van der Waals surface area (Å²) >= 11 is 0. The van der Waals surface area contributed by atoms with Gasteiger partial charge < -0.3 is 20.1 Å². The van der Waals surface area contributed by atoms with Crippen molar-refractivity contribution < 1.29 is 14.3 Å². The van der Waals surface area contributed by atoms with Crippen LogP contribution in [0.1, 0.15) is 36.2 Å². The minimum atomic E-state index is -0.115. The van der Waals surface area contributed by atoms with Gasteiger partial charge in [-0.2, -0.15) is 9.67 Å². The summed E-state index contributed by atoms with van der Waals surface area (Å²) in [5, 5.41) is 10.8. The molecule has 0 amide bonds. The molecule has 0 saturated heterocycles. The van der Waals surface area contributed by atoms with Crippen molar-refractivity contribution in [2.75, 3.05) is 24.9 Å². The quantitative estimate of drug-likeness (QED) is 0.505. The average molecular weight is 424 g/mol. The molecular formula is C23H29N5O3. The molecule has 0 radical (unpaired) electrons. The largest absolute Gasteiger partial charge is 0.496 e. The van der Waals surface area contributed by atoms with Crippen LogP contribution in [0.25, 0.3) is 0 Å². The van der Waals surface area contributed by atoms with Gasteiger partial charge in [0.1, 0.15) is 11.5 Å². The van der Waals surface area contributed by atoms with Crippen molar-refractivity contribution in [3.05, 3.63) is 59.7 Å². The molecule has 0 atom stereocenters. The zero-order valence-corrected chi connectivity index (χ0v) is 18.4. The average Bonchev–Trinajstić information content (AvgIpc) is 3.19. The predicted molar refractivity (Wildman–Crippen MR) is 121 cm³/mol. The van der Waals surface area contributed by atoms with Crippen LogP contribution in [0.3, 0.4) is 0 Å². The normalized spacial score (nSPS) is 10.7. The zero-order valence-electron chi connectivity index (χ0n) is 18.4. The SMILES string of the molecule is COc1ccccc1CNc1nc(NCc2ccccc2OC)n(C(=O)CC(C)C)n1. The van der Waals surface area contributed by atoms with Crippen molar-refractivity contribution in [1.29, 1.82) is 0 Å². The molecule has 8 nitrogen and oxygen atoms in total. The third-order valence-electron chi connectivity index (χ3n) is 4.69. The van der Waals surface area contributed by atoms with Crippen LogP contribution < -0.4 is 20.1 Å². The van der Waals surface area contributed by atoms with Crippen molar-refractivity contribution in [3.63, 3.8) is 0 Å². The summed E-state index contributed by atoms with van der Waals surface area (Å²) in [6.07, 6.45) is 0.374. The van der Waals surface area contributed by atoms with Gasteiger partial charge in [0.15, 0.2) is 0 Å². The van der Waals surface area contributed by atoms with Crippen LogP contribution in [0.15, 0.2) is 48.5 Å². The molecule has 0 bridgehead atoms. The van der Waals surface area contributed by atoms with E-state index in [9.17, 15) is 4.79 Å². The van der Waals surface area contributed by atoms with Gasteiger partial charge in [-0.3, -0.25) is 4.79 Å². The van der Waals surface area contributed by atoms with E-state index >= 15 is 0 Å². The molecule has 31 heavy (non-hydrogen) atoms. The molecule has 0 aliphatic rings. The molecule has 8 heteroatoms. The molecular weight excluding hydrogens is 394 g/mol. The van der Waals surface area contributed by atoms with E-state index in [2.05, 4.69) is 20.7 Å². The number of ether oxygens (including phenoxy) is 2. The van der Waals surface area contributed by atoms with E-state index in [1.54, 1.807) is 14.2 Å². The standard InChI is InChI=1S/C23H29N5O3/c1-16(2)13-21(29)28-23(25-15-18-10-6-8-12-20(18)31-4)26-22(27-28)24-14-17-9-5-7-11-19(17)30-3/h5-12,16H,13-15H2,1-4H3,(H2,24,25,26,27). The first-order valence-corrected chi connectivity index (χ1v) is 10.2. The third-order valence-corrected chi connectivity index (χ3v) is 4.69. The molecule has 1 heterocycles. The second kappa shape index (κ2) is 10.5. The maximum atomic E-state index is 12.7. The fourth-order valence-electron chi connectivity index (χ4n) is 3.16. The van der Waals surface area contributed by atoms with E-state index in [0.29, 0.717) is 31.4 Å². The topological polar surface area (TPSA) is 90.3 Å². The Bertz CT molecular complexity index is 1020. The van der Waals surface area contributed by atoms with Crippen LogP contribution in [-0.4, -0.2) is 34.9 Å². The monoisotopic (exact) mass is 423 g/mol. The number of hydrogen-bond acceptors (Lipinski definition) is 7.